The molecule has 1 aromatic rings. The molecule has 4 nitrogen and oxygen atoms in total. The van der Waals surface area contributed by atoms with Gasteiger partial charge in [-0.1, -0.05) is 12.1 Å². The van der Waals surface area contributed by atoms with Crippen LogP contribution in [-0.4, -0.2) is 18.1 Å². The predicted octanol–water partition coefficient (Wildman–Crippen LogP) is 1.66. The van der Waals surface area contributed by atoms with Crippen molar-refractivity contribution in [3.05, 3.63) is 23.8 Å². The topological polar surface area (TPSA) is 47.6 Å². The molecule has 2 rings (SSSR count). The van der Waals surface area contributed by atoms with Gasteiger partial charge in [-0.15, -0.1) is 11.6 Å². The fourth-order valence-electron chi connectivity index (χ4n) is 1.45. The summed E-state index contributed by atoms with van der Waals surface area (Å²) in [5, 5.41) is 2.19. The quantitative estimate of drug-likeness (QED) is 0.819. The third kappa shape index (κ3) is 2.22. The Morgan fingerprint density at radius 3 is 3.12 bits per heavy atom. The number of fused-ring (bicyclic) bond motifs is 1. The van der Waals surface area contributed by atoms with Crippen LogP contribution in [0, 0.1) is 0 Å². The van der Waals surface area contributed by atoms with Gasteiger partial charge in [0.2, 0.25) is 12.7 Å². The largest absolute Gasteiger partial charge is 0.454 e. The van der Waals surface area contributed by atoms with E-state index in [9.17, 15) is 4.79 Å². The van der Waals surface area contributed by atoms with Crippen molar-refractivity contribution in [1.29, 1.82) is 0 Å². The number of rotatable bonds is 3. The summed E-state index contributed by atoms with van der Waals surface area (Å²) in [6.45, 7) is 2.25. The van der Waals surface area contributed by atoms with Crippen LogP contribution in [0.3, 0.4) is 0 Å². The highest BCUT2D eigenvalue weighted by molar-refractivity contribution is 6.30. The van der Waals surface area contributed by atoms with Gasteiger partial charge in [0.05, 0.1) is 0 Å². The van der Waals surface area contributed by atoms with Crippen LogP contribution in [0.25, 0.3) is 0 Å². The molecule has 1 unspecified atom stereocenters. The Morgan fingerprint density at radius 2 is 2.38 bits per heavy atom. The van der Waals surface area contributed by atoms with Crippen LogP contribution in [0.4, 0.5) is 0 Å². The third-order valence-electron chi connectivity index (χ3n) is 2.29. The molecule has 1 aliphatic rings. The zero-order valence-electron chi connectivity index (χ0n) is 8.83. The molecule has 0 saturated heterocycles. The van der Waals surface area contributed by atoms with E-state index in [2.05, 4.69) is 5.32 Å². The molecule has 0 bridgehead atoms. The SMILES string of the molecule is CC(Cl)C(=O)NCc1cccc2c1OCO2. The van der Waals surface area contributed by atoms with Crippen molar-refractivity contribution in [3.63, 3.8) is 0 Å². The first-order valence-electron chi connectivity index (χ1n) is 4.98. The zero-order chi connectivity index (χ0) is 11.5. The van der Waals surface area contributed by atoms with Crippen molar-refractivity contribution in [3.8, 4) is 11.5 Å². The molecule has 0 radical (unpaired) electrons. The highest BCUT2D eigenvalue weighted by atomic mass is 35.5. The average molecular weight is 242 g/mol. The lowest BCUT2D eigenvalue weighted by atomic mass is 10.2. The van der Waals surface area contributed by atoms with E-state index in [4.69, 9.17) is 21.1 Å². The van der Waals surface area contributed by atoms with Crippen LogP contribution in [-0.2, 0) is 11.3 Å². The van der Waals surface area contributed by atoms with E-state index < -0.39 is 5.38 Å². The molecule has 5 heteroatoms. The molecule has 1 aliphatic heterocycles. The number of alkyl halides is 1. The Labute approximate surface area is 98.5 Å². The Balaban J connectivity index is 2.05. The maximum atomic E-state index is 11.3. The Kier molecular flexibility index (Phi) is 3.19. The molecule has 0 spiro atoms. The lowest BCUT2D eigenvalue weighted by molar-refractivity contribution is -0.120. The Hall–Kier alpha value is -1.42. The normalized spacial score (nSPS) is 14.6. The van der Waals surface area contributed by atoms with Crippen molar-refractivity contribution < 1.29 is 14.3 Å². The van der Waals surface area contributed by atoms with Crippen LogP contribution < -0.4 is 14.8 Å². The predicted molar refractivity (Wildman–Crippen MR) is 59.7 cm³/mol. The molecule has 86 valence electrons. The van der Waals surface area contributed by atoms with Gasteiger partial charge in [-0.3, -0.25) is 4.79 Å². The van der Waals surface area contributed by atoms with Crippen LogP contribution in [0.15, 0.2) is 18.2 Å². The summed E-state index contributed by atoms with van der Waals surface area (Å²) in [5.74, 6) is 1.22. The summed E-state index contributed by atoms with van der Waals surface area (Å²) >= 11 is 5.64. The van der Waals surface area contributed by atoms with Gasteiger partial charge in [0.1, 0.15) is 5.38 Å². The molecule has 0 aromatic heterocycles. The summed E-state index contributed by atoms with van der Waals surface area (Å²) in [5.41, 5.74) is 0.890. The fraction of sp³-hybridized carbons (Fsp3) is 0.364. The van der Waals surface area contributed by atoms with Crippen LogP contribution in [0.2, 0.25) is 0 Å². The second-order valence-corrected chi connectivity index (χ2v) is 4.14. The van der Waals surface area contributed by atoms with Crippen molar-refractivity contribution in [1.82, 2.24) is 5.32 Å². The number of amides is 1. The number of hydrogen-bond acceptors (Lipinski definition) is 3. The van der Waals surface area contributed by atoms with Gasteiger partial charge in [-0.2, -0.15) is 0 Å². The Morgan fingerprint density at radius 1 is 1.56 bits per heavy atom. The molecule has 1 heterocycles. The lowest BCUT2D eigenvalue weighted by Crippen LogP contribution is -2.29. The van der Waals surface area contributed by atoms with E-state index in [1.165, 1.54) is 0 Å². The van der Waals surface area contributed by atoms with E-state index in [0.717, 1.165) is 5.56 Å². The second-order valence-electron chi connectivity index (χ2n) is 3.48. The van der Waals surface area contributed by atoms with E-state index in [1.807, 2.05) is 18.2 Å². The summed E-state index contributed by atoms with van der Waals surface area (Å²) < 4.78 is 10.5. The van der Waals surface area contributed by atoms with Crippen molar-refractivity contribution >= 4 is 17.5 Å². The number of ether oxygens (including phenoxy) is 2. The lowest BCUT2D eigenvalue weighted by Gasteiger charge is -2.08. The molecule has 1 atom stereocenters. The number of hydrogen-bond donors (Lipinski definition) is 1. The molecular formula is C11H12ClNO3. The average Bonchev–Trinajstić information content (AvgIpc) is 2.73. The molecule has 0 saturated carbocycles. The maximum absolute atomic E-state index is 11.3. The van der Waals surface area contributed by atoms with Crippen LogP contribution in [0.5, 0.6) is 11.5 Å². The van der Waals surface area contributed by atoms with E-state index >= 15 is 0 Å². The van der Waals surface area contributed by atoms with E-state index in [1.54, 1.807) is 6.92 Å². The van der Waals surface area contributed by atoms with Gasteiger partial charge in [-0.25, -0.2) is 0 Å². The smallest absolute Gasteiger partial charge is 0.238 e. The summed E-state index contributed by atoms with van der Waals surface area (Å²) in [6, 6.07) is 5.57. The minimum absolute atomic E-state index is 0.196. The second kappa shape index (κ2) is 4.61. The summed E-state index contributed by atoms with van der Waals surface area (Å²) in [6.07, 6.45) is 0. The van der Waals surface area contributed by atoms with Crippen LogP contribution >= 0.6 is 11.6 Å². The first-order valence-corrected chi connectivity index (χ1v) is 5.41. The van der Waals surface area contributed by atoms with Gasteiger partial charge in [0.15, 0.2) is 11.5 Å². The number of carbonyl (C=O) groups is 1. The molecule has 1 amide bonds. The summed E-state index contributed by atoms with van der Waals surface area (Å²) in [4.78, 5) is 11.3. The molecule has 0 aliphatic carbocycles. The number of para-hydroxylation sites is 1. The first-order chi connectivity index (χ1) is 7.68. The number of nitrogens with one attached hydrogen (secondary N) is 1. The highest BCUT2D eigenvalue weighted by Crippen LogP contribution is 2.35. The Bertz CT molecular complexity index is 406. The number of benzene rings is 1. The van der Waals surface area contributed by atoms with Crippen molar-refractivity contribution in [2.24, 2.45) is 0 Å². The monoisotopic (exact) mass is 241 g/mol. The van der Waals surface area contributed by atoms with Gasteiger partial charge >= 0.3 is 0 Å². The maximum Gasteiger partial charge on any atom is 0.238 e. The zero-order valence-corrected chi connectivity index (χ0v) is 9.58. The standard InChI is InChI=1S/C11H12ClNO3/c1-7(12)11(14)13-5-8-3-2-4-9-10(8)16-6-15-9/h2-4,7H,5-6H2,1H3,(H,13,14). The first kappa shape index (κ1) is 11.1. The van der Waals surface area contributed by atoms with Gasteiger partial charge in [0.25, 0.3) is 0 Å². The third-order valence-corrected chi connectivity index (χ3v) is 2.49. The molecule has 16 heavy (non-hydrogen) atoms. The number of halogens is 1. The highest BCUT2D eigenvalue weighted by Gasteiger charge is 2.17. The summed E-state index contributed by atoms with van der Waals surface area (Å²) in [7, 11) is 0. The minimum Gasteiger partial charge on any atom is -0.454 e. The van der Waals surface area contributed by atoms with Crippen molar-refractivity contribution in [2.45, 2.75) is 18.8 Å². The number of carbonyl (C=O) groups excluding carboxylic acids is 1. The van der Waals surface area contributed by atoms with Gasteiger partial charge in [-0.05, 0) is 13.0 Å². The molecule has 1 N–H and O–H groups in total. The van der Waals surface area contributed by atoms with Crippen LogP contribution in [0.1, 0.15) is 12.5 Å². The molecule has 1 aromatic carbocycles. The van der Waals surface area contributed by atoms with Gasteiger partial charge < -0.3 is 14.8 Å². The molecule has 0 fully saturated rings. The van der Waals surface area contributed by atoms with Gasteiger partial charge in [0, 0.05) is 12.1 Å². The fourth-order valence-corrected chi connectivity index (χ4v) is 1.53. The van der Waals surface area contributed by atoms with E-state index in [-0.39, 0.29) is 12.7 Å². The minimum atomic E-state index is -0.533. The molecular weight excluding hydrogens is 230 g/mol. The van der Waals surface area contributed by atoms with Crippen molar-refractivity contribution in [2.75, 3.05) is 6.79 Å². The van der Waals surface area contributed by atoms with E-state index in [0.29, 0.717) is 18.0 Å².